The van der Waals surface area contributed by atoms with Crippen LogP contribution in [0.4, 0.5) is 0 Å². The summed E-state index contributed by atoms with van der Waals surface area (Å²) < 4.78 is 7.95. The molecular formula is C21H32N4O2. The van der Waals surface area contributed by atoms with Crippen molar-refractivity contribution in [1.82, 2.24) is 14.9 Å². The van der Waals surface area contributed by atoms with Crippen molar-refractivity contribution in [3.63, 3.8) is 0 Å². The van der Waals surface area contributed by atoms with Gasteiger partial charge < -0.3 is 20.4 Å². The number of aromatic nitrogens is 2. The maximum atomic E-state index is 12.8. The molecular weight excluding hydrogens is 340 g/mol. The van der Waals surface area contributed by atoms with Crippen molar-refractivity contribution in [2.75, 3.05) is 13.2 Å². The van der Waals surface area contributed by atoms with Crippen LogP contribution in [0.5, 0.6) is 0 Å². The number of carbonyl (C=O) groups is 1. The second-order valence-corrected chi connectivity index (χ2v) is 8.33. The molecule has 2 aromatic rings. The average molecular weight is 373 g/mol. The maximum absolute atomic E-state index is 12.8. The van der Waals surface area contributed by atoms with Gasteiger partial charge in [0.25, 0.3) is 0 Å². The molecule has 1 aliphatic rings. The zero-order chi connectivity index (χ0) is 19.8. The summed E-state index contributed by atoms with van der Waals surface area (Å²) in [7, 11) is 0. The number of para-hydroxylation sites is 2. The Labute approximate surface area is 161 Å². The van der Waals surface area contributed by atoms with Gasteiger partial charge in [0.1, 0.15) is 11.4 Å². The molecule has 6 heteroatoms. The van der Waals surface area contributed by atoms with Crippen molar-refractivity contribution < 1.29 is 9.53 Å². The number of rotatable bonds is 7. The van der Waals surface area contributed by atoms with Gasteiger partial charge in [-0.3, -0.25) is 4.79 Å². The van der Waals surface area contributed by atoms with Crippen LogP contribution in [0.3, 0.4) is 0 Å². The van der Waals surface area contributed by atoms with Crippen LogP contribution >= 0.6 is 0 Å². The van der Waals surface area contributed by atoms with Crippen LogP contribution < -0.4 is 11.1 Å². The highest BCUT2D eigenvalue weighted by Crippen LogP contribution is 2.49. The van der Waals surface area contributed by atoms with Crippen LogP contribution in [0, 0.1) is 5.41 Å². The third kappa shape index (κ3) is 3.25. The highest BCUT2D eigenvalue weighted by atomic mass is 16.5. The second-order valence-electron chi connectivity index (χ2n) is 8.33. The highest BCUT2D eigenvalue weighted by Gasteiger charge is 2.62. The summed E-state index contributed by atoms with van der Waals surface area (Å²) in [6.07, 6.45) is 1.26. The van der Waals surface area contributed by atoms with Crippen molar-refractivity contribution in [3.05, 3.63) is 30.1 Å². The highest BCUT2D eigenvalue weighted by molar-refractivity contribution is 5.88. The number of imidazole rings is 1. The van der Waals surface area contributed by atoms with Gasteiger partial charge in [-0.15, -0.1) is 0 Å². The fraction of sp³-hybridized carbons (Fsp3) is 0.619. The Morgan fingerprint density at radius 2 is 2.11 bits per heavy atom. The molecule has 2 atom stereocenters. The fourth-order valence-corrected chi connectivity index (χ4v) is 4.11. The lowest BCUT2D eigenvalue weighted by Gasteiger charge is -2.57. The molecule has 3 N–H and O–H groups in total. The van der Waals surface area contributed by atoms with Crippen LogP contribution in [-0.2, 0) is 16.0 Å². The van der Waals surface area contributed by atoms with Crippen LogP contribution in [-0.4, -0.2) is 40.3 Å². The predicted octanol–water partition coefficient (Wildman–Crippen LogP) is 2.81. The molecule has 0 radical (unpaired) electrons. The van der Waals surface area contributed by atoms with E-state index in [0.29, 0.717) is 32.0 Å². The molecule has 0 saturated heterocycles. The van der Waals surface area contributed by atoms with Crippen molar-refractivity contribution >= 4 is 16.9 Å². The van der Waals surface area contributed by atoms with Crippen LogP contribution in [0.25, 0.3) is 11.0 Å². The molecule has 0 aliphatic heterocycles. The lowest BCUT2D eigenvalue weighted by atomic mass is 9.54. The predicted molar refractivity (Wildman–Crippen MR) is 108 cm³/mol. The Morgan fingerprint density at radius 3 is 2.74 bits per heavy atom. The molecule has 1 aromatic heterocycles. The minimum Gasteiger partial charge on any atom is -0.378 e. The van der Waals surface area contributed by atoms with Crippen LogP contribution in [0.2, 0.25) is 0 Å². The summed E-state index contributed by atoms with van der Waals surface area (Å²) >= 11 is 0. The number of fused-ring (bicyclic) bond motifs is 1. The maximum Gasteiger partial charge on any atom is 0.240 e. The smallest absolute Gasteiger partial charge is 0.240 e. The van der Waals surface area contributed by atoms with E-state index in [9.17, 15) is 4.79 Å². The fourth-order valence-electron chi connectivity index (χ4n) is 4.11. The topological polar surface area (TPSA) is 82.2 Å². The summed E-state index contributed by atoms with van der Waals surface area (Å²) in [6, 6.07) is 8.44. The second kappa shape index (κ2) is 7.24. The van der Waals surface area contributed by atoms with Gasteiger partial charge in [0, 0.05) is 37.5 Å². The molecule has 27 heavy (non-hydrogen) atoms. The lowest BCUT2D eigenvalue weighted by molar-refractivity contribution is -0.170. The zero-order valence-corrected chi connectivity index (χ0v) is 17.1. The van der Waals surface area contributed by atoms with E-state index in [4.69, 9.17) is 15.5 Å². The number of nitrogens with two attached hydrogens (primary N) is 1. The Morgan fingerprint density at radius 1 is 1.41 bits per heavy atom. The Bertz CT molecular complexity index is 827. The molecule has 148 valence electrons. The molecule has 6 nitrogen and oxygen atoms in total. The normalized spacial score (nSPS) is 24.2. The van der Waals surface area contributed by atoms with Gasteiger partial charge in [0.05, 0.1) is 17.1 Å². The summed E-state index contributed by atoms with van der Waals surface area (Å²) in [5.74, 6) is 0.883. The van der Waals surface area contributed by atoms with Crippen molar-refractivity contribution in [1.29, 1.82) is 0 Å². The molecule has 1 saturated carbocycles. The Balaban J connectivity index is 1.66. The Hall–Kier alpha value is -1.92. The van der Waals surface area contributed by atoms with E-state index in [1.165, 1.54) is 0 Å². The van der Waals surface area contributed by atoms with E-state index in [2.05, 4.69) is 29.8 Å². The molecule has 1 aromatic carbocycles. The first-order valence-corrected chi connectivity index (χ1v) is 9.87. The summed E-state index contributed by atoms with van der Waals surface area (Å²) in [4.78, 5) is 17.5. The van der Waals surface area contributed by atoms with Crippen molar-refractivity contribution in [2.24, 2.45) is 11.1 Å². The number of nitrogens with zero attached hydrogens (tertiary/aromatic N) is 2. The molecule has 2 unspecified atom stereocenters. The third-order valence-corrected chi connectivity index (χ3v) is 6.05. The average Bonchev–Trinajstić information content (AvgIpc) is 2.99. The zero-order valence-electron chi connectivity index (χ0n) is 17.1. The number of hydrogen-bond acceptors (Lipinski definition) is 4. The summed E-state index contributed by atoms with van der Waals surface area (Å²) in [5.41, 5.74) is 7.31. The molecule has 1 heterocycles. The van der Waals surface area contributed by atoms with E-state index in [0.717, 1.165) is 16.9 Å². The number of benzene rings is 1. The first kappa shape index (κ1) is 19.8. The number of nitrogens with one attached hydrogen (secondary N) is 1. The van der Waals surface area contributed by atoms with E-state index in [1.54, 1.807) is 0 Å². The molecule has 1 fully saturated rings. The number of ether oxygens (including phenoxy) is 1. The van der Waals surface area contributed by atoms with Gasteiger partial charge in [-0.25, -0.2) is 4.98 Å². The number of carbonyl (C=O) groups excluding carboxylic acids is 1. The minimum absolute atomic E-state index is 0.0309. The van der Waals surface area contributed by atoms with Gasteiger partial charge in [-0.05, 0) is 32.9 Å². The summed E-state index contributed by atoms with van der Waals surface area (Å²) in [5, 5.41) is 3.03. The van der Waals surface area contributed by atoms with Gasteiger partial charge in [0.2, 0.25) is 5.91 Å². The van der Waals surface area contributed by atoms with Crippen LogP contribution in [0.15, 0.2) is 24.3 Å². The molecule has 3 rings (SSSR count). The summed E-state index contributed by atoms with van der Waals surface area (Å²) in [6.45, 7) is 11.4. The van der Waals surface area contributed by atoms with Gasteiger partial charge in [-0.1, -0.05) is 26.0 Å². The van der Waals surface area contributed by atoms with Gasteiger partial charge in [0.15, 0.2) is 0 Å². The first-order valence-electron chi connectivity index (χ1n) is 9.87. The molecule has 1 amide bonds. The molecule has 1 aliphatic carbocycles. The van der Waals surface area contributed by atoms with Crippen LogP contribution in [0.1, 0.15) is 52.9 Å². The van der Waals surface area contributed by atoms with E-state index in [1.807, 2.05) is 39.0 Å². The van der Waals surface area contributed by atoms with E-state index in [-0.39, 0.29) is 17.4 Å². The monoisotopic (exact) mass is 372 g/mol. The van der Waals surface area contributed by atoms with Gasteiger partial charge in [-0.2, -0.15) is 0 Å². The largest absolute Gasteiger partial charge is 0.378 e. The van der Waals surface area contributed by atoms with E-state index < -0.39 is 5.54 Å². The number of amides is 1. The third-order valence-electron chi connectivity index (χ3n) is 6.05. The van der Waals surface area contributed by atoms with E-state index >= 15 is 0 Å². The Kier molecular flexibility index (Phi) is 5.32. The number of hydrogen-bond donors (Lipinski definition) is 2. The SMILES string of the molecule is CCOC1CC(N)(C(=O)NCCc2nc3ccccc3n2C(C)C)C1(C)C. The van der Waals surface area contributed by atoms with Crippen molar-refractivity contribution in [3.8, 4) is 0 Å². The van der Waals surface area contributed by atoms with Gasteiger partial charge >= 0.3 is 0 Å². The first-order chi connectivity index (χ1) is 12.7. The minimum atomic E-state index is -0.884. The van der Waals surface area contributed by atoms with Crippen molar-refractivity contribution in [2.45, 2.75) is 65.1 Å². The lowest BCUT2D eigenvalue weighted by Crippen LogP contribution is -2.75. The standard InChI is InChI=1S/C21H32N4O2/c1-6-27-17-13-21(22,20(17,4)5)19(26)23-12-11-18-24-15-9-7-8-10-16(15)25(18)14(2)3/h7-10,14,17H,6,11-13,22H2,1-5H3,(H,23,26). The molecule has 0 bridgehead atoms. The quantitative estimate of drug-likeness (QED) is 0.783. The molecule has 0 spiro atoms.